The van der Waals surface area contributed by atoms with Crippen LogP contribution in [0.15, 0.2) is 0 Å². The Kier molecular flexibility index (Phi) is 7.13. The maximum atomic E-state index is 5.89. The van der Waals surface area contributed by atoms with Crippen LogP contribution in [0.2, 0.25) is 0 Å². The normalized spacial score (nSPS) is 13.7. The Morgan fingerprint density at radius 2 is 1.80 bits per heavy atom. The first kappa shape index (κ1) is 17.6. The molecular formula is C16H30N2OS. The van der Waals surface area contributed by atoms with Crippen molar-refractivity contribution in [2.24, 2.45) is 5.92 Å². The second-order valence-electron chi connectivity index (χ2n) is 6.17. The van der Waals surface area contributed by atoms with Crippen molar-refractivity contribution in [2.45, 2.75) is 73.1 Å². The molecule has 1 N–H and O–H groups in total. The minimum Gasteiger partial charge on any atom is -0.371 e. The summed E-state index contributed by atoms with van der Waals surface area (Å²) < 4.78 is 5.89. The molecule has 1 unspecified atom stereocenters. The summed E-state index contributed by atoms with van der Waals surface area (Å²) in [6.07, 6.45) is 0.121. The summed E-state index contributed by atoms with van der Waals surface area (Å²) in [5.41, 5.74) is 1.23. The molecule has 1 aromatic rings. The van der Waals surface area contributed by atoms with E-state index >= 15 is 0 Å². The SMILES string of the molecule is CCOC(c1nc(C(C)C)c(CNC(C)C)s1)C(C)C. The average Bonchev–Trinajstić information content (AvgIpc) is 2.76. The third-order valence-electron chi connectivity index (χ3n) is 3.16. The molecule has 0 fully saturated rings. The number of aromatic nitrogens is 1. The fourth-order valence-corrected chi connectivity index (χ4v) is 3.50. The number of nitrogens with zero attached hydrogens (tertiary/aromatic N) is 1. The van der Waals surface area contributed by atoms with Gasteiger partial charge in [0, 0.05) is 24.1 Å². The van der Waals surface area contributed by atoms with Crippen LogP contribution < -0.4 is 5.32 Å². The number of rotatable bonds is 8. The van der Waals surface area contributed by atoms with E-state index in [9.17, 15) is 0 Å². The van der Waals surface area contributed by atoms with Gasteiger partial charge in [-0.2, -0.15) is 0 Å². The molecule has 0 bridgehead atoms. The zero-order valence-electron chi connectivity index (χ0n) is 14.0. The molecular weight excluding hydrogens is 268 g/mol. The highest BCUT2D eigenvalue weighted by Gasteiger charge is 2.23. The number of nitrogens with one attached hydrogen (secondary N) is 1. The molecule has 0 saturated carbocycles. The summed E-state index contributed by atoms with van der Waals surface area (Å²) in [7, 11) is 0. The zero-order chi connectivity index (χ0) is 15.3. The first-order valence-corrected chi connectivity index (χ1v) is 8.52. The van der Waals surface area contributed by atoms with Crippen LogP contribution in [0.4, 0.5) is 0 Å². The largest absolute Gasteiger partial charge is 0.371 e. The monoisotopic (exact) mass is 298 g/mol. The number of hydrogen-bond acceptors (Lipinski definition) is 4. The molecule has 3 nitrogen and oxygen atoms in total. The van der Waals surface area contributed by atoms with Crippen molar-refractivity contribution in [3.8, 4) is 0 Å². The van der Waals surface area contributed by atoms with Gasteiger partial charge >= 0.3 is 0 Å². The lowest BCUT2D eigenvalue weighted by Gasteiger charge is -2.18. The standard InChI is InChI=1S/C16H30N2OS/c1-8-19-15(11(4)5)16-18-14(10(2)3)13(20-16)9-17-12(6)7/h10-12,15,17H,8-9H2,1-7H3. The van der Waals surface area contributed by atoms with Gasteiger partial charge in [-0.15, -0.1) is 11.3 Å². The number of ether oxygens (including phenoxy) is 1. The minimum absolute atomic E-state index is 0.121. The third kappa shape index (κ3) is 4.83. The van der Waals surface area contributed by atoms with Crippen molar-refractivity contribution in [3.63, 3.8) is 0 Å². The van der Waals surface area contributed by atoms with Gasteiger partial charge in [0.25, 0.3) is 0 Å². The summed E-state index contributed by atoms with van der Waals surface area (Å²) in [6, 6.07) is 0.494. The van der Waals surface area contributed by atoms with Crippen LogP contribution in [-0.4, -0.2) is 17.6 Å². The van der Waals surface area contributed by atoms with E-state index < -0.39 is 0 Å². The van der Waals surface area contributed by atoms with Crippen LogP contribution >= 0.6 is 11.3 Å². The van der Waals surface area contributed by atoms with Gasteiger partial charge in [0.2, 0.25) is 0 Å². The van der Waals surface area contributed by atoms with E-state index in [-0.39, 0.29) is 6.10 Å². The van der Waals surface area contributed by atoms with E-state index in [0.29, 0.717) is 17.9 Å². The summed E-state index contributed by atoms with van der Waals surface area (Å²) in [4.78, 5) is 6.24. The van der Waals surface area contributed by atoms with E-state index in [0.717, 1.165) is 18.2 Å². The maximum absolute atomic E-state index is 5.89. The Morgan fingerprint density at radius 3 is 2.25 bits per heavy atom. The molecule has 1 atom stereocenters. The summed E-state index contributed by atoms with van der Waals surface area (Å²) in [6.45, 7) is 16.9. The second kappa shape index (κ2) is 8.11. The molecule has 116 valence electrons. The lowest BCUT2D eigenvalue weighted by atomic mass is 10.1. The van der Waals surface area contributed by atoms with Crippen molar-refractivity contribution in [1.82, 2.24) is 10.3 Å². The molecule has 1 heterocycles. The molecule has 1 rings (SSSR count). The number of thiazole rings is 1. The van der Waals surface area contributed by atoms with E-state index in [4.69, 9.17) is 9.72 Å². The maximum Gasteiger partial charge on any atom is 0.122 e. The molecule has 0 radical (unpaired) electrons. The van der Waals surface area contributed by atoms with Crippen molar-refractivity contribution in [3.05, 3.63) is 15.6 Å². The van der Waals surface area contributed by atoms with E-state index in [1.54, 1.807) is 0 Å². The Morgan fingerprint density at radius 1 is 1.15 bits per heavy atom. The summed E-state index contributed by atoms with van der Waals surface area (Å²) in [5.74, 6) is 0.908. The summed E-state index contributed by atoms with van der Waals surface area (Å²) in [5, 5.41) is 4.63. The van der Waals surface area contributed by atoms with Crippen molar-refractivity contribution >= 4 is 11.3 Å². The molecule has 0 saturated heterocycles. The van der Waals surface area contributed by atoms with E-state index in [1.165, 1.54) is 10.6 Å². The van der Waals surface area contributed by atoms with Crippen molar-refractivity contribution in [1.29, 1.82) is 0 Å². The fourth-order valence-electron chi connectivity index (χ4n) is 2.11. The molecule has 0 aliphatic heterocycles. The molecule has 0 spiro atoms. The molecule has 0 aliphatic rings. The van der Waals surface area contributed by atoms with Gasteiger partial charge in [-0.1, -0.05) is 41.5 Å². The van der Waals surface area contributed by atoms with Crippen LogP contribution in [0.3, 0.4) is 0 Å². The Bertz CT molecular complexity index is 399. The first-order chi connectivity index (χ1) is 9.36. The molecule has 0 amide bonds. The van der Waals surface area contributed by atoms with Crippen LogP contribution in [0.5, 0.6) is 0 Å². The zero-order valence-corrected chi connectivity index (χ0v) is 14.8. The van der Waals surface area contributed by atoms with Crippen LogP contribution in [0, 0.1) is 5.92 Å². The molecule has 0 aromatic carbocycles. The van der Waals surface area contributed by atoms with Crippen LogP contribution in [0.25, 0.3) is 0 Å². The quantitative estimate of drug-likeness (QED) is 0.767. The van der Waals surface area contributed by atoms with Gasteiger partial charge in [0.1, 0.15) is 11.1 Å². The second-order valence-corrected chi connectivity index (χ2v) is 7.29. The predicted octanol–water partition coefficient (Wildman–Crippen LogP) is 4.50. The molecule has 1 aromatic heterocycles. The number of hydrogen-bond donors (Lipinski definition) is 1. The third-order valence-corrected chi connectivity index (χ3v) is 4.29. The smallest absolute Gasteiger partial charge is 0.122 e. The predicted molar refractivity (Wildman–Crippen MR) is 87.4 cm³/mol. The highest BCUT2D eigenvalue weighted by molar-refractivity contribution is 7.11. The minimum atomic E-state index is 0.121. The van der Waals surface area contributed by atoms with Gasteiger partial charge in [-0.05, 0) is 18.8 Å². The average molecular weight is 298 g/mol. The van der Waals surface area contributed by atoms with E-state index in [2.05, 4.69) is 46.9 Å². The van der Waals surface area contributed by atoms with Gasteiger partial charge in [-0.3, -0.25) is 0 Å². The molecule has 4 heteroatoms. The molecule has 0 aliphatic carbocycles. The van der Waals surface area contributed by atoms with Gasteiger partial charge in [0.05, 0.1) is 5.69 Å². The van der Waals surface area contributed by atoms with Gasteiger partial charge in [0.15, 0.2) is 0 Å². The molecule has 20 heavy (non-hydrogen) atoms. The lowest BCUT2D eigenvalue weighted by molar-refractivity contribution is 0.0292. The summed E-state index contributed by atoms with van der Waals surface area (Å²) >= 11 is 1.81. The highest BCUT2D eigenvalue weighted by Crippen LogP contribution is 2.33. The fraction of sp³-hybridized carbons (Fsp3) is 0.812. The van der Waals surface area contributed by atoms with Gasteiger partial charge < -0.3 is 10.1 Å². The lowest BCUT2D eigenvalue weighted by Crippen LogP contribution is -2.22. The Labute approximate surface area is 128 Å². The van der Waals surface area contributed by atoms with E-state index in [1.807, 2.05) is 18.3 Å². The van der Waals surface area contributed by atoms with Crippen molar-refractivity contribution < 1.29 is 4.74 Å². The van der Waals surface area contributed by atoms with Crippen molar-refractivity contribution in [2.75, 3.05) is 6.61 Å². The van der Waals surface area contributed by atoms with Gasteiger partial charge in [-0.25, -0.2) is 4.98 Å². The first-order valence-electron chi connectivity index (χ1n) is 7.71. The van der Waals surface area contributed by atoms with Crippen LogP contribution in [0.1, 0.15) is 76.1 Å². The Hall–Kier alpha value is -0.450. The topological polar surface area (TPSA) is 34.1 Å². The van der Waals surface area contributed by atoms with Crippen LogP contribution in [-0.2, 0) is 11.3 Å². The highest BCUT2D eigenvalue weighted by atomic mass is 32.1. The Balaban J connectivity index is 3.00.